The molecule has 0 aromatic heterocycles. The van der Waals surface area contributed by atoms with E-state index >= 15 is 0 Å². The lowest BCUT2D eigenvalue weighted by Gasteiger charge is -2.12. The lowest BCUT2D eigenvalue weighted by molar-refractivity contribution is -0.139. The van der Waals surface area contributed by atoms with Crippen molar-refractivity contribution >= 4 is 29.1 Å². The number of ether oxygens (including phenoxy) is 1. The zero-order valence-corrected chi connectivity index (χ0v) is 15.1. The number of amides is 1. The number of nitrogens with two attached hydrogens (primary N) is 1. The summed E-state index contributed by atoms with van der Waals surface area (Å²) in [6, 6.07) is 15.4. The van der Waals surface area contributed by atoms with Crippen molar-refractivity contribution in [2.75, 3.05) is 6.61 Å². The molecule has 0 radical (unpaired) electrons. The van der Waals surface area contributed by atoms with Crippen molar-refractivity contribution in [3.8, 4) is 5.75 Å². The molecule has 5 nitrogen and oxygen atoms in total. The summed E-state index contributed by atoms with van der Waals surface area (Å²) in [6.07, 6.45) is 2.87. The Kier molecular flexibility index (Phi) is 5.41. The van der Waals surface area contributed by atoms with Crippen LogP contribution in [0.1, 0.15) is 36.5 Å². The molecule has 0 heterocycles. The minimum Gasteiger partial charge on any atom is -0.481 e. The largest absolute Gasteiger partial charge is 0.481 e. The van der Waals surface area contributed by atoms with E-state index in [0.717, 1.165) is 33.4 Å². The molecule has 0 unspecified atom stereocenters. The van der Waals surface area contributed by atoms with Crippen molar-refractivity contribution in [2.24, 2.45) is 5.73 Å². The molecule has 0 aliphatic heterocycles. The second-order valence-corrected chi connectivity index (χ2v) is 6.28. The standard InChI is InChI=1S/C22H21NO4/c1-2-15-17(11-14-7-4-3-5-8-14)16-9-6-10-19(27-13-21(25)26)22(16)18(15)12-20(23)24/h3-11H,2,12-13H2,1H3,(H2,23,24)(H,25,26)/b17-11-/i21+2. The Hall–Kier alpha value is -3.34. The maximum Gasteiger partial charge on any atom is 0.341 e. The molecule has 0 saturated carbocycles. The molecule has 1 amide bonds. The molecule has 138 valence electrons. The monoisotopic (exact) mass is 365 g/mol. The van der Waals surface area contributed by atoms with Crippen molar-refractivity contribution in [3.63, 3.8) is 0 Å². The van der Waals surface area contributed by atoms with Crippen molar-refractivity contribution in [3.05, 3.63) is 70.8 Å². The van der Waals surface area contributed by atoms with E-state index in [1.165, 1.54) is 0 Å². The van der Waals surface area contributed by atoms with Crippen molar-refractivity contribution in [1.29, 1.82) is 0 Å². The van der Waals surface area contributed by atoms with Crippen LogP contribution >= 0.6 is 0 Å². The highest BCUT2D eigenvalue weighted by atomic mass is 16.7. The highest BCUT2D eigenvalue weighted by Crippen LogP contribution is 2.48. The number of carbonyl (C=O) groups excluding carboxylic acids is 1. The van der Waals surface area contributed by atoms with E-state index in [4.69, 9.17) is 15.6 Å². The molecule has 2 aromatic carbocycles. The first-order valence-corrected chi connectivity index (χ1v) is 8.77. The van der Waals surface area contributed by atoms with Crippen LogP contribution in [0.4, 0.5) is 0 Å². The van der Waals surface area contributed by atoms with Gasteiger partial charge in [0.2, 0.25) is 5.91 Å². The normalized spacial score (nSPS) is 14.3. The van der Waals surface area contributed by atoms with Gasteiger partial charge in [-0.25, -0.2) is 4.79 Å². The quantitative estimate of drug-likeness (QED) is 0.782. The summed E-state index contributed by atoms with van der Waals surface area (Å²) in [5, 5.41) is 8.96. The fourth-order valence-corrected chi connectivity index (χ4v) is 3.46. The van der Waals surface area contributed by atoms with Gasteiger partial charge in [0, 0.05) is 5.56 Å². The molecule has 0 fully saturated rings. The van der Waals surface area contributed by atoms with Gasteiger partial charge in [0.1, 0.15) is 5.75 Å². The van der Waals surface area contributed by atoms with E-state index in [0.29, 0.717) is 12.2 Å². The lowest BCUT2D eigenvalue weighted by Crippen LogP contribution is -2.13. The van der Waals surface area contributed by atoms with Crippen LogP contribution < -0.4 is 10.5 Å². The molecule has 1 aliphatic rings. The number of allylic oxidation sites excluding steroid dienone is 2. The SMILES string of the molecule is CCC1=C(CC(N)=O)c2c(OC[14C](=O)O)cccc2/C1=C\c1ccccc1. The lowest BCUT2D eigenvalue weighted by atomic mass is 9.98. The number of carbonyl (C=O) groups is 2. The number of aliphatic carboxylic acids is 1. The van der Waals surface area contributed by atoms with Gasteiger partial charge in [-0.2, -0.15) is 0 Å². The Morgan fingerprint density at radius 1 is 1.15 bits per heavy atom. The van der Waals surface area contributed by atoms with E-state index in [-0.39, 0.29) is 6.42 Å². The van der Waals surface area contributed by atoms with Crippen LogP contribution in [0.5, 0.6) is 5.75 Å². The second-order valence-electron chi connectivity index (χ2n) is 6.28. The molecule has 3 N–H and O–H groups in total. The zero-order valence-electron chi connectivity index (χ0n) is 15.1. The number of hydrogen-bond donors (Lipinski definition) is 2. The Morgan fingerprint density at radius 2 is 1.89 bits per heavy atom. The van der Waals surface area contributed by atoms with Gasteiger partial charge >= 0.3 is 5.97 Å². The van der Waals surface area contributed by atoms with E-state index in [2.05, 4.69) is 6.08 Å². The first-order valence-electron chi connectivity index (χ1n) is 8.77. The second kappa shape index (κ2) is 7.91. The third-order valence-electron chi connectivity index (χ3n) is 4.47. The minimum atomic E-state index is -1.05. The average molecular weight is 365 g/mol. The predicted octanol–water partition coefficient (Wildman–Crippen LogP) is 3.74. The number of carboxylic acid groups (broad SMARTS) is 1. The smallest absolute Gasteiger partial charge is 0.341 e. The Labute approximate surface area is 157 Å². The Morgan fingerprint density at radius 3 is 2.52 bits per heavy atom. The molecule has 27 heavy (non-hydrogen) atoms. The topological polar surface area (TPSA) is 89.6 Å². The van der Waals surface area contributed by atoms with Gasteiger partial charge in [0.25, 0.3) is 0 Å². The van der Waals surface area contributed by atoms with Crippen LogP contribution in [0.25, 0.3) is 17.2 Å². The Bertz CT molecular complexity index is 942. The highest BCUT2D eigenvalue weighted by molar-refractivity contribution is 6.09. The van der Waals surface area contributed by atoms with E-state index in [1.807, 2.05) is 49.4 Å². The summed E-state index contributed by atoms with van der Waals surface area (Å²) in [5.41, 5.74) is 11.1. The van der Waals surface area contributed by atoms with Crippen molar-refractivity contribution in [1.82, 2.24) is 0 Å². The summed E-state index contributed by atoms with van der Waals surface area (Å²) < 4.78 is 5.50. The minimum absolute atomic E-state index is 0.0791. The van der Waals surface area contributed by atoms with Crippen LogP contribution in [-0.2, 0) is 9.59 Å². The van der Waals surface area contributed by atoms with Crippen LogP contribution in [-0.4, -0.2) is 23.6 Å². The molecular weight excluding hydrogens is 344 g/mol. The van der Waals surface area contributed by atoms with Crippen LogP contribution in [0, 0.1) is 0 Å². The molecule has 0 saturated heterocycles. The molecule has 0 spiro atoms. The maximum atomic E-state index is 11.7. The third kappa shape index (κ3) is 3.92. The average Bonchev–Trinajstić information content (AvgIpc) is 2.93. The van der Waals surface area contributed by atoms with Crippen molar-refractivity contribution in [2.45, 2.75) is 19.8 Å². The van der Waals surface area contributed by atoms with Gasteiger partial charge in [0.05, 0.1) is 6.42 Å². The number of hydrogen-bond acceptors (Lipinski definition) is 3. The summed E-state index contributed by atoms with van der Waals surface area (Å²) in [7, 11) is 0. The number of fused-ring (bicyclic) bond motifs is 1. The van der Waals surface area contributed by atoms with Gasteiger partial charge in [-0.15, -0.1) is 0 Å². The number of benzene rings is 2. The predicted molar refractivity (Wildman–Crippen MR) is 105 cm³/mol. The number of primary amides is 1. The van der Waals surface area contributed by atoms with Crippen LogP contribution in [0.2, 0.25) is 0 Å². The van der Waals surface area contributed by atoms with E-state index in [9.17, 15) is 9.59 Å². The van der Waals surface area contributed by atoms with Crippen LogP contribution in [0.15, 0.2) is 54.1 Å². The van der Waals surface area contributed by atoms with Crippen molar-refractivity contribution < 1.29 is 19.4 Å². The molecule has 0 atom stereocenters. The summed E-state index contributed by atoms with van der Waals surface area (Å²) >= 11 is 0. The first kappa shape index (κ1) is 18.5. The van der Waals surface area contributed by atoms with Gasteiger partial charge in [-0.3, -0.25) is 4.79 Å². The van der Waals surface area contributed by atoms with Gasteiger partial charge in [0.15, 0.2) is 6.61 Å². The maximum absolute atomic E-state index is 11.7. The van der Waals surface area contributed by atoms with E-state index < -0.39 is 18.5 Å². The fraction of sp³-hybridized carbons (Fsp3) is 0.182. The Balaban J connectivity index is 2.19. The number of rotatable bonds is 7. The number of carboxylic acids is 1. The van der Waals surface area contributed by atoms with Gasteiger partial charge in [-0.1, -0.05) is 49.4 Å². The summed E-state index contributed by atoms with van der Waals surface area (Å²) in [5.74, 6) is -1.04. The first-order chi connectivity index (χ1) is 13.0. The summed E-state index contributed by atoms with van der Waals surface area (Å²) in [6.45, 7) is 1.58. The third-order valence-corrected chi connectivity index (χ3v) is 4.47. The molecule has 5 heteroatoms. The highest BCUT2D eigenvalue weighted by Gasteiger charge is 2.29. The molecule has 0 bridgehead atoms. The molecular formula is C22H21NO4. The molecule has 3 rings (SSSR count). The van der Waals surface area contributed by atoms with Crippen LogP contribution in [0.3, 0.4) is 0 Å². The molecule has 1 aliphatic carbocycles. The zero-order chi connectivity index (χ0) is 19.4. The fourth-order valence-electron chi connectivity index (χ4n) is 3.46. The van der Waals surface area contributed by atoms with Gasteiger partial charge in [-0.05, 0) is 46.4 Å². The molecule has 2 aromatic rings. The van der Waals surface area contributed by atoms with Gasteiger partial charge < -0.3 is 15.6 Å². The summed E-state index contributed by atoms with van der Waals surface area (Å²) in [4.78, 5) is 22.6. The van der Waals surface area contributed by atoms with E-state index in [1.54, 1.807) is 6.07 Å².